The highest BCUT2D eigenvalue weighted by molar-refractivity contribution is 7.91. The summed E-state index contributed by atoms with van der Waals surface area (Å²) in [7, 11) is -3.93. The van der Waals surface area contributed by atoms with Gasteiger partial charge in [0.15, 0.2) is 15.7 Å². The van der Waals surface area contributed by atoms with Crippen molar-refractivity contribution in [1.29, 1.82) is 0 Å². The lowest BCUT2D eigenvalue weighted by Crippen LogP contribution is -2.19. The molecule has 2 aromatic heterocycles. The fourth-order valence-corrected chi connectivity index (χ4v) is 4.65. The molecular formula is C18H15F2N3O3S. The predicted molar refractivity (Wildman–Crippen MR) is 95.2 cm³/mol. The number of H-pyrrole nitrogens is 1. The molecule has 2 N–H and O–H groups in total. The zero-order valence-electron chi connectivity index (χ0n) is 14.0. The van der Waals surface area contributed by atoms with Crippen LogP contribution in [0.5, 0.6) is 0 Å². The van der Waals surface area contributed by atoms with Crippen LogP contribution in [0.1, 0.15) is 23.2 Å². The van der Waals surface area contributed by atoms with Gasteiger partial charge in [-0.15, -0.1) is 0 Å². The summed E-state index contributed by atoms with van der Waals surface area (Å²) in [5.41, 5.74) is -0.100. The Kier molecular flexibility index (Phi) is 4.18. The van der Waals surface area contributed by atoms with Crippen LogP contribution in [0.2, 0.25) is 0 Å². The third-order valence-electron chi connectivity index (χ3n) is 4.43. The Hall–Kier alpha value is -2.81. The van der Waals surface area contributed by atoms with Gasteiger partial charge in [0.05, 0.1) is 17.6 Å². The number of nitrogens with zero attached hydrogens (tertiary/aromatic N) is 1. The molecule has 0 radical (unpaired) electrons. The molecule has 140 valence electrons. The molecule has 1 aliphatic carbocycles. The lowest BCUT2D eigenvalue weighted by molar-refractivity contribution is 0.101. The van der Waals surface area contributed by atoms with E-state index in [-0.39, 0.29) is 17.4 Å². The molecule has 4 rings (SSSR count). The molecule has 0 atom stereocenters. The zero-order valence-corrected chi connectivity index (χ0v) is 14.8. The standard InChI is InChI=1S/C18H15F2N3O3S/c19-13-3-4-14(27(25,26)9-10-1-2-10)16(20)15(13)18(24)23-12-7-11-5-6-21-17(11)22-8-12/h3-8,10H,1-2,9H2,(H,21,22)(H,23,24). The second-order valence-corrected chi connectivity index (χ2v) is 8.56. The van der Waals surface area contributed by atoms with E-state index in [4.69, 9.17) is 0 Å². The predicted octanol–water partition coefficient (Wildman–Crippen LogP) is 3.28. The number of anilines is 1. The molecule has 6 nitrogen and oxygen atoms in total. The zero-order chi connectivity index (χ0) is 19.2. The minimum absolute atomic E-state index is 0.00381. The van der Waals surface area contributed by atoms with Crippen molar-refractivity contribution in [3.8, 4) is 0 Å². The number of carbonyl (C=O) groups excluding carboxylic acids is 1. The van der Waals surface area contributed by atoms with Crippen molar-refractivity contribution in [2.75, 3.05) is 11.1 Å². The molecule has 1 saturated carbocycles. The van der Waals surface area contributed by atoms with Gasteiger partial charge in [0.25, 0.3) is 5.91 Å². The van der Waals surface area contributed by atoms with Crippen molar-refractivity contribution >= 4 is 32.5 Å². The molecule has 9 heteroatoms. The van der Waals surface area contributed by atoms with Gasteiger partial charge in [0, 0.05) is 11.6 Å². The number of amides is 1. The molecule has 0 bridgehead atoms. The van der Waals surface area contributed by atoms with Crippen LogP contribution in [-0.4, -0.2) is 30.0 Å². The van der Waals surface area contributed by atoms with Crippen molar-refractivity contribution in [3.05, 3.63) is 53.9 Å². The normalized spacial score (nSPS) is 14.4. The Morgan fingerprint density at radius 1 is 1.26 bits per heavy atom. The van der Waals surface area contributed by atoms with E-state index in [0.717, 1.165) is 25.0 Å². The SMILES string of the molecule is O=C(Nc1cnc2[nH]ccc2c1)c1c(F)ccc(S(=O)(=O)CC2CC2)c1F. The molecular weight excluding hydrogens is 376 g/mol. The summed E-state index contributed by atoms with van der Waals surface area (Å²) in [6.45, 7) is 0. The van der Waals surface area contributed by atoms with Crippen molar-refractivity contribution < 1.29 is 22.0 Å². The smallest absolute Gasteiger partial charge is 0.261 e. The number of fused-ring (bicyclic) bond motifs is 1. The van der Waals surface area contributed by atoms with E-state index in [1.165, 1.54) is 6.20 Å². The van der Waals surface area contributed by atoms with E-state index in [2.05, 4.69) is 15.3 Å². The highest BCUT2D eigenvalue weighted by Gasteiger charge is 2.33. The summed E-state index contributed by atoms with van der Waals surface area (Å²) in [6, 6.07) is 4.97. The van der Waals surface area contributed by atoms with Gasteiger partial charge in [-0.2, -0.15) is 0 Å². The molecule has 0 saturated heterocycles. The first-order valence-electron chi connectivity index (χ1n) is 8.30. The number of aromatic amines is 1. The molecule has 0 aliphatic heterocycles. The quantitative estimate of drug-likeness (QED) is 0.653. The fraction of sp³-hybridized carbons (Fsp3) is 0.222. The van der Waals surface area contributed by atoms with Crippen LogP contribution in [0.15, 0.2) is 41.6 Å². The Morgan fingerprint density at radius 3 is 2.78 bits per heavy atom. The maximum absolute atomic E-state index is 14.8. The van der Waals surface area contributed by atoms with Crippen LogP contribution in [-0.2, 0) is 9.84 Å². The minimum atomic E-state index is -3.93. The number of sulfone groups is 1. The van der Waals surface area contributed by atoms with Gasteiger partial charge in [-0.25, -0.2) is 22.2 Å². The lowest BCUT2D eigenvalue weighted by Gasteiger charge is -2.11. The number of carbonyl (C=O) groups is 1. The maximum Gasteiger partial charge on any atom is 0.261 e. The van der Waals surface area contributed by atoms with E-state index < -0.39 is 37.8 Å². The number of hydrogen-bond acceptors (Lipinski definition) is 4. The first-order valence-corrected chi connectivity index (χ1v) is 9.95. The monoisotopic (exact) mass is 391 g/mol. The molecule has 3 aromatic rings. The van der Waals surface area contributed by atoms with Gasteiger partial charge >= 0.3 is 0 Å². The molecule has 1 aromatic carbocycles. The Morgan fingerprint density at radius 2 is 2.04 bits per heavy atom. The molecule has 1 fully saturated rings. The van der Waals surface area contributed by atoms with Gasteiger partial charge < -0.3 is 10.3 Å². The summed E-state index contributed by atoms with van der Waals surface area (Å²) in [6.07, 6.45) is 4.53. The maximum atomic E-state index is 14.8. The van der Waals surface area contributed by atoms with Crippen LogP contribution in [0.3, 0.4) is 0 Å². The molecule has 2 heterocycles. The first-order chi connectivity index (χ1) is 12.8. The largest absolute Gasteiger partial charge is 0.346 e. The Bertz CT molecular complexity index is 1150. The molecule has 0 spiro atoms. The summed E-state index contributed by atoms with van der Waals surface area (Å²) in [5.74, 6) is -3.79. The van der Waals surface area contributed by atoms with Gasteiger partial charge in [-0.3, -0.25) is 4.79 Å². The Balaban J connectivity index is 1.67. The Labute approximate surface area is 153 Å². The number of hydrogen-bond donors (Lipinski definition) is 2. The number of nitrogens with one attached hydrogen (secondary N) is 2. The van der Waals surface area contributed by atoms with Crippen molar-refractivity contribution in [2.24, 2.45) is 5.92 Å². The van der Waals surface area contributed by atoms with Gasteiger partial charge in [-0.1, -0.05) is 0 Å². The topological polar surface area (TPSA) is 91.9 Å². The third-order valence-corrected chi connectivity index (χ3v) is 6.32. The van der Waals surface area contributed by atoms with Crippen LogP contribution < -0.4 is 5.32 Å². The summed E-state index contributed by atoms with van der Waals surface area (Å²) in [4.78, 5) is 18.7. The van der Waals surface area contributed by atoms with Crippen LogP contribution >= 0.6 is 0 Å². The second kappa shape index (κ2) is 6.41. The fourth-order valence-electron chi connectivity index (χ4n) is 2.87. The summed E-state index contributed by atoms with van der Waals surface area (Å²) < 4.78 is 53.6. The van der Waals surface area contributed by atoms with Crippen LogP contribution in [0.4, 0.5) is 14.5 Å². The third kappa shape index (κ3) is 3.42. The van der Waals surface area contributed by atoms with E-state index >= 15 is 0 Å². The van der Waals surface area contributed by atoms with Crippen LogP contribution in [0, 0.1) is 17.6 Å². The van der Waals surface area contributed by atoms with E-state index in [1.54, 1.807) is 18.3 Å². The number of aromatic nitrogens is 2. The van der Waals surface area contributed by atoms with Gasteiger partial charge in [-0.05, 0) is 43.0 Å². The van der Waals surface area contributed by atoms with E-state index in [1.807, 2.05) is 0 Å². The van der Waals surface area contributed by atoms with E-state index in [9.17, 15) is 22.0 Å². The van der Waals surface area contributed by atoms with Gasteiger partial charge in [0.1, 0.15) is 21.9 Å². The first kappa shape index (κ1) is 17.6. The molecule has 0 unspecified atom stereocenters. The molecule has 27 heavy (non-hydrogen) atoms. The highest BCUT2D eigenvalue weighted by Crippen LogP contribution is 2.33. The van der Waals surface area contributed by atoms with E-state index in [0.29, 0.717) is 11.0 Å². The average Bonchev–Trinajstić information content (AvgIpc) is 3.27. The second-order valence-electron chi connectivity index (χ2n) is 6.55. The van der Waals surface area contributed by atoms with Crippen LogP contribution in [0.25, 0.3) is 11.0 Å². The molecule has 1 aliphatic rings. The van der Waals surface area contributed by atoms with Crippen molar-refractivity contribution in [1.82, 2.24) is 9.97 Å². The minimum Gasteiger partial charge on any atom is -0.346 e. The molecule has 1 amide bonds. The average molecular weight is 391 g/mol. The lowest BCUT2D eigenvalue weighted by atomic mass is 10.1. The highest BCUT2D eigenvalue weighted by atomic mass is 32.2. The van der Waals surface area contributed by atoms with Crippen molar-refractivity contribution in [2.45, 2.75) is 17.7 Å². The summed E-state index contributed by atoms with van der Waals surface area (Å²) in [5, 5.41) is 3.07. The van der Waals surface area contributed by atoms with Gasteiger partial charge in [0.2, 0.25) is 0 Å². The number of benzene rings is 1. The number of pyridine rings is 1. The number of halogens is 2. The van der Waals surface area contributed by atoms with Crippen molar-refractivity contribution in [3.63, 3.8) is 0 Å². The summed E-state index contributed by atoms with van der Waals surface area (Å²) >= 11 is 0. The number of rotatable bonds is 5.